The highest BCUT2D eigenvalue weighted by atomic mass is 79.9. The second-order valence-electron chi connectivity index (χ2n) is 8.29. The van der Waals surface area contributed by atoms with Crippen molar-refractivity contribution in [2.75, 3.05) is 5.32 Å². The smallest absolute Gasteiger partial charge is 0.274 e. The van der Waals surface area contributed by atoms with Crippen molar-refractivity contribution in [2.24, 2.45) is 0 Å². The molecule has 0 aliphatic heterocycles. The van der Waals surface area contributed by atoms with E-state index < -0.39 is 5.91 Å². The van der Waals surface area contributed by atoms with E-state index in [0.717, 1.165) is 17.7 Å². The van der Waals surface area contributed by atoms with Crippen LogP contribution in [0.4, 0.5) is 5.69 Å². The molecule has 2 saturated carbocycles. The first-order chi connectivity index (χ1) is 16.8. The fourth-order valence-electron chi connectivity index (χ4n) is 3.52. The summed E-state index contributed by atoms with van der Waals surface area (Å²) in [5.74, 6) is -0.356. The number of benzene rings is 1. The van der Waals surface area contributed by atoms with Crippen molar-refractivity contribution in [3.05, 3.63) is 62.3 Å². The van der Waals surface area contributed by atoms with Gasteiger partial charge in [-0.3, -0.25) is 9.59 Å². The Morgan fingerprint density at radius 1 is 1.17 bits per heavy atom. The van der Waals surface area contributed by atoms with Gasteiger partial charge in [-0.25, -0.2) is 9.67 Å². The van der Waals surface area contributed by atoms with Gasteiger partial charge >= 0.3 is 0 Å². The first kappa shape index (κ1) is 24.2. The third kappa shape index (κ3) is 5.35. The average Bonchev–Trinajstić information content (AvgIpc) is 3.50. The number of hydrogen-bond donors (Lipinski definition) is 2. The van der Waals surface area contributed by atoms with E-state index in [-0.39, 0.29) is 46.7 Å². The topological polar surface area (TPSA) is 98.1 Å². The molecule has 5 rings (SSSR count). The molecule has 2 heterocycles. The fraction of sp³-hybridized carbons (Fsp3) is 0.261. The lowest BCUT2D eigenvalue weighted by atomic mass is 9.96. The number of nitrogens with one attached hydrogen (secondary N) is 2. The van der Waals surface area contributed by atoms with Gasteiger partial charge in [0.05, 0.1) is 16.3 Å². The molecule has 0 radical (unpaired) electrons. The molecule has 2 N–H and O–H groups in total. The Hall–Kier alpha value is -2.53. The molecule has 180 valence electrons. The van der Waals surface area contributed by atoms with Crippen LogP contribution in [0.1, 0.15) is 46.5 Å². The van der Waals surface area contributed by atoms with Gasteiger partial charge in [-0.15, -0.1) is 5.10 Å². The summed E-state index contributed by atoms with van der Waals surface area (Å²) in [7, 11) is 0. The van der Waals surface area contributed by atoms with Gasteiger partial charge in [0.1, 0.15) is 11.8 Å². The van der Waals surface area contributed by atoms with E-state index in [0.29, 0.717) is 27.4 Å². The predicted molar refractivity (Wildman–Crippen MR) is 140 cm³/mol. The summed E-state index contributed by atoms with van der Waals surface area (Å²) >= 11 is 21.1. The van der Waals surface area contributed by atoms with Crippen LogP contribution in [0.3, 0.4) is 0 Å². The summed E-state index contributed by atoms with van der Waals surface area (Å²) in [5.41, 5.74) is 0.646. The predicted octanol–water partition coefficient (Wildman–Crippen LogP) is 5.39. The highest BCUT2D eigenvalue weighted by Crippen LogP contribution is 2.33. The molecule has 8 nitrogen and oxygen atoms in total. The lowest BCUT2D eigenvalue weighted by molar-refractivity contribution is 0.0952. The third-order valence-electron chi connectivity index (χ3n) is 5.51. The van der Waals surface area contributed by atoms with Crippen molar-refractivity contribution in [2.45, 2.75) is 37.8 Å². The molecule has 12 heteroatoms. The molecule has 2 aromatic heterocycles. The molecular formula is C23H18BrCl2N5O3S. The summed E-state index contributed by atoms with van der Waals surface area (Å²) in [6, 6.07) is 8.09. The summed E-state index contributed by atoms with van der Waals surface area (Å²) in [6.07, 6.45) is 4.62. The van der Waals surface area contributed by atoms with Crippen LogP contribution in [0.5, 0.6) is 5.88 Å². The molecule has 2 fully saturated rings. The number of aromatic nitrogens is 3. The van der Waals surface area contributed by atoms with Crippen molar-refractivity contribution in [3.63, 3.8) is 0 Å². The van der Waals surface area contributed by atoms with Crippen molar-refractivity contribution in [1.82, 2.24) is 20.1 Å². The lowest BCUT2D eigenvalue weighted by Crippen LogP contribution is -2.32. The van der Waals surface area contributed by atoms with E-state index in [1.165, 1.54) is 16.8 Å². The van der Waals surface area contributed by atoms with Crippen molar-refractivity contribution < 1.29 is 14.3 Å². The first-order valence-corrected chi connectivity index (χ1v) is 12.7. The minimum absolute atomic E-state index is 0.0934. The van der Waals surface area contributed by atoms with Crippen LogP contribution in [0, 0.1) is 0 Å². The number of rotatable bonds is 7. The summed E-state index contributed by atoms with van der Waals surface area (Å²) < 4.78 is 7.67. The number of anilines is 1. The molecule has 1 aromatic carbocycles. The van der Waals surface area contributed by atoms with Crippen LogP contribution in [-0.2, 0) is 0 Å². The van der Waals surface area contributed by atoms with E-state index >= 15 is 0 Å². The highest BCUT2D eigenvalue weighted by Gasteiger charge is 2.29. The maximum absolute atomic E-state index is 13.5. The van der Waals surface area contributed by atoms with E-state index in [9.17, 15) is 9.59 Å². The Bertz CT molecular complexity index is 1350. The quantitative estimate of drug-likeness (QED) is 0.356. The molecule has 2 amide bonds. The second kappa shape index (κ2) is 9.85. The van der Waals surface area contributed by atoms with Gasteiger partial charge in [-0.2, -0.15) is 0 Å². The molecule has 0 bridgehead atoms. The van der Waals surface area contributed by atoms with Gasteiger partial charge in [0.25, 0.3) is 11.8 Å². The minimum Gasteiger partial charge on any atom is -0.473 e. The van der Waals surface area contributed by atoms with E-state index in [4.69, 9.17) is 40.2 Å². The maximum atomic E-state index is 13.5. The van der Waals surface area contributed by atoms with Gasteiger partial charge in [0, 0.05) is 45.5 Å². The van der Waals surface area contributed by atoms with E-state index in [1.807, 2.05) is 0 Å². The van der Waals surface area contributed by atoms with Crippen LogP contribution >= 0.6 is 51.3 Å². The third-order valence-corrected chi connectivity index (χ3v) is 6.98. The lowest BCUT2D eigenvalue weighted by Gasteiger charge is -2.26. The number of pyridine rings is 1. The number of hydrogen-bond acceptors (Lipinski definition) is 6. The summed E-state index contributed by atoms with van der Waals surface area (Å²) in [6.45, 7) is 0. The Labute approximate surface area is 224 Å². The number of amides is 2. The average molecular weight is 595 g/mol. The van der Waals surface area contributed by atoms with Crippen LogP contribution in [0.25, 0.3) is 5.82 Å². The number of carbonyl (C=O) groups is 2. The molecular weight excluding hydrogens is 577 g/mol. The zero-order valence-electron chi connectivity index (χ0n) is 18.1. The first-order valence-electron chi connectivity index (χ1n) is 10.8. The van der Waals surface area contributed by atoms with Gasteiger partial charge in [0.15, 0.2) is 5.82 Å². The molecule has 35 heavy (non-hydrogen) atoms. The Morgan fingerprint density at radius 3 is 2.63 bits per heavy atom. The Kier molecular flexibility index (Phi) is 6.80. The number of ether oxygens (including phenoxy) is 1. The maximum Gasteiger partial charge on any atom is 0.274 e. The number of carbonyl (C=O) groups excluding carboxylic acids is 2. The monoisotopic (exact) mass is 593 g/mol. The van der Waals surface area contributed by atoms with Gasteiger partial charge in [-0.05, 0) is 53.0 Å². The second-order valence-corrected chi connectivity index (χ2v) is 10.6. The molecule has 0 saturated heterocycles. The largest absolute Gasteiger partial charge is 0.473 e. The molecule has 0 spiro atoms. The van der Waals surface area contributed by atoms with Crippen LogP contribution in [0.2, 0.25) is 10.0 Å². The number of nitrogens with zero attached hydrogens (tertiary/aromatic N) is 3. The van der Waals surface area contributed by atoms with Gasteiger partial charge < -0.3 is 15.4 Å². The summed E-state index contributed by atoms with van der Waals surface area (Å²) in [4.78, 5) is 31.5. The van der Waals surface area contributed by atoms with Crippen molar-refractivity contribution in [1.29, 1.82) is 0 Å². The van der Waals surface area contributed by atoms with E-state index in [1.54, 1.807) is 24.4 Å². The van der Waals surface area contributed by atoms with Gasteiger partial charge in [0.2, 0.25) is 5.88 Å². The molecule has 3 aromatic rings. The van der Waals surface area contributed by atoms with E-state index in [2.05, 4.69) is 36.6 Å². The molecule has 0 atom stereocenters. The number of halogens is 3. The summed E-state index contributed by atoms with van der Waals surface area (Å²) in [5, 5.41) is 10.8. The van der Waals surface area contributed by atoms with Crippen LogP contribution in [-0.4, -0.2) is 43.6 Å². The highest BCUT2D eigenvalue weighted by molar-refractivity contribution is 9.10. The zero-order valence-corrected chi connectivity index (χ0v) is 22.0. The van der Waals surface area contributed by atoms with Crippen LogP contribution < -0.4 is 15.4 Å². The normalized spacial score (nSPS) is 15.5. The van der Waals surface area contributed by atoms with Crippen LogP contribution in [0.15, 0.2) is 41.0 Å². The van der Waals surface area contributed by atoms with Crippen molar-refractivity contribution in [3.8, 4) is 11.7 Å². The number of thiocarbonyl (C=S) groups is 1. The molecule has 0 unspecified atom stereocenters. The Morgan fingerprint density at radius 2 is 1.94 bits per heavy atom. The van der Waals surface area contributed by atoms with Crippen molar-refractivity contribution >= 4 is 73.7 Å². The SMILES string of the molecule is O=C(NC1CC1)c1cc(Cl)cc(Br)c1NC(=O)c1cc(OC2CC(=S)C2)nn1-c1ncccc1Cl. The minimum atomic E-state index is -0.540. The van der Waals surface area contributed by atoms with Gasteiger partial charge in [-0.1, -0.05) is 35.4 Å². The molecule has 2 aliphatic rings. The fourth-order valence-corrected chi connectivity index (χ4v) is 5.01. The Balaban J connectivity index is 1.49. The molecule has 2 aliphatic carbocycles. The zero-order chi connectivity index (χ0) is 24.7. The standard InChI is InChI=1S/C23H18BrCl2N5O3S/c24-16-7-11(25)6-15(22(32)28-12-3-4-12)20(16)29-23(33)18-10-19(34-13-8-14(35)9-13)30-31(18)21-17(26)2-1-5-27-21/h1-2,5-7,10,12-13H,3-4,8-9H2,(H,28,32)(H,29,33).